The fraction of sp³-hybridized carbons (Fsp3) is 0.571. The summed E-state index contributed by atoms with van der Waals surface area (Å²) in [4.78, 5) is 18.6. The molecule has 1 N–H and O–H groups in total. The molecule has 2 heterocycles. The molecular formula is C14H21N3OS. The highest BCUT2D eigenvalue weighted by molar-refractivity contribution is 7.99. The minimum atomic E-state index is -0.386. The van der Waals surface area contributed by atoms with Crippen molar-refractivity contribution in [3.63, 3.8) is 0 Å². The van der Waals surface area contributed by atoms with E-state index in [0.29, 0.717) is 0 Å². The van der Waals surface area contributed by atoms with Gasteiger partial charge in [-0.05, 0) is 12.1 Å². The van der Waals surface area contributed by atoms with Gasteiger partial charge in [-0.3, -0.25) is 4.79 Å². The Balaban J connectivity index is 2.00. The molecule has 0 aliphatic carbocycles. The largest absolute Gasteiger partial charge is 0.355 e. The molecule has 1 saturated heterocycles. The monoisotopic (exact) mass is 279 g/mol. The van der Waals surface area contributed by atoms with E-state index < -0.39 is 0 Å². The lowest BCUT2D eigenvalue weighted by atomic mass is 9.96. The van der Waals surface area contributed by atoms with E-state index in [2.05, 4.69) is 15.2 Å². The second kappa shape index (κ2) is 5.82. The number of nitrogens with zero attached hydrogens (tertiary/aromatic N) is 2. The average Bonchev–Trinajstić information content (AvgIpc) is 2.39. The molecule has 0 radical (unpaired) electrons. The maximum absolute atomic E-state index is 11.9. The molecule has 0 bridgehead atoms. The first-order valence-corrected chi connectivity index (χ1v) is 7.72. The zero-order valence-corrected chi connectivity index (χ0v) is 12.6. The molecule has 1 amide bonds. The van der Waals surface area contributed by atoms with Gasteiger partial charge in [0, 0.05) is 30.0 Å². The van der Waals surface area contributed by atoms with Crippen molar-refractivity contribution in [1.29, 1.82) is 0 Å². The number of pyridine rings is 1. The molecule has 5 heteroatoms. The molecule has 0 aromatic carbocycles. The van der Waals surface area contributed by atoms with Crippen molar-refractivity contribution in [1.82, 2.24) is 4.98 Å². The van der Waals surface area contributed by atoms with Crippen molar-refractivity contribution in [3.05, 3.63) is 18.3 Å². The lowest BCUT2D eigenvalue weighted by Crippen LogP contribution is -2.33. The third-order valence-electron chi connectivity index (χ3n) is 3.02. The number of hydrogen-bond acceptors (Lipinski definition) is 4. The summed E-state index contributed by atoms with van der Waals surface area (Å²) in [5, 5.41) is 2.89. The molecule has 2 rings (SSSR count). The molecule has 4 nitrogen and oxygen atoms in total. The predicted molar refractivity (Wildman–Crippen MR) is 81.9 cm³/mol. The van der Waals surface area contributed by atoms with Crippen LogP contribution in [0.4, 0.5) is 11.5 Å². The molecule has 1 aromatic rings. The Bertz CT molecular complexity index is 433. The first-order chi connectivity index (χ1) is 8.97. The van der Waals surface area contributed by atoms with Gasteiger partial charge in [0.2, 0.25) is 5.91 Å². The van der Waals surface area contributed by atoms with Crippen LogP contribution in [0.15, 0.2) is 18.3 Å². The second-order valence-corrected chi connectivity index (χ2v) is 6.93. The Kier molecular flexibility index (Phi) is 4.34. The molecule has 0 saturated carbocycles. The van der Waals surface area contributed by atoms with Gasteiger partial charge in [0.15, 0.2) is 0 Å². The van der Waals surface area contributed by atoms with Gasteiger partial charge in [-0.1, -0.05) is 20.8 Å². The van der Waals surface area contributed by atoms with Gasteiger partial charge >= 0.3 is 0 Å². The maximum Gasteiger partial charge on any atom is 0.229 e. The third kappa shape index (κ3) is 3.86. The van der Waals surface area contributed by atoms with Gasteiger partial charge in [-0.15, -0.1) is 0 Å². The molecule has 19 heavy (non-hydrogen) atoms. The molecule has 1 fully saturated rings. The Morgan fingerprint density at radius 2 is 2.00 bits per heavy atom. The smallest absolute Gasteiger partial charge is 0.229 e. The van der Waals surface area contributed by atoms with Gasteiger partial charge < -0.3 is 10.2 Å². The van der Waals surface area contributed by atoms with Gasteiger partial charge in [0.05, 0.1) is 11.9 Å². The average molecular weight is 279 g/mol. The van der Waals surface area contributed by atoms with Crippen molar-refractivity contribution in [2.24, 2.45) is 5.41 Å². The van der Waals surface area contributed by atoms with Crippen molar-refractivity contribution in [2.75, 3.05) is 34.8 Å². The Morgan fingerprint density at radius 3 is 2.53 bits per heavy atom. The first-order valence-electron chi connectivity index (χ1n) is 6.57. The van der Waals surface area contributed by atoms with Crippen LogP contribution in [0.1, 0.15) is 20.8 Å². The maximum atomic E-state index is 11.9. The van der Waals surface area contributed by atoms with Crippen LogP contribution in [-0.4, -0.2) is 35.5 Å². The number of anilines is 2. The quantitative estimate of drug-likeness (QED) is 0.904. The first kappa shape index (κ1) is 14.2. The summed E-state index contributed by atoms with van der Waals surface area (Å²) in [6.07, 6.45) is 1.74. The van der Waals surface area contributed by atoms with E-state index in [1.54, 1.807) is 6.20 Å². The normalized spacial score (nSPS) is 16.3. The zero-order chi connectivity index (χ0) is 13.9. The molecule has 0 atom stereocenters. The van der Waals surface area contributed by atoms with Crippen molar-refractivity contribution in [3.8, 4) is 0 Å². The van der Waals surface area contributed by atoms with Gasteiger partial charge in [0.1, 0.15) is 5.82 Å². The summed E-state index contributed by atoms with van der Waals surface area (Å²) in [6.45, 7) is 7.79. The van der Waals surface area contributed by atoms with Gasteiger partial charge in [0.25, 0.3) is 0 Å². The Hall–Kier alpha value is -1.23. The minimum absolute atomic E-state index is 0.0106. The minimum Gasteiger partial charge on any atom is -0.355 e. The highest BCUT2D eigenvalue weighted by Gasteiger charge is 2.21. The van der Waals surface area contributed by atoms with Crippen LogP contribution >= 0.6 is 11.8 Å². The number of carbonyl (C=O) groups is 1. The summed E-state index contributed by atoms with van der Waals surface area (Å²) >= 11 is 1.98. The van der Waals surface area contributed by atoms with E-state index in [1.807, 2.05) is 44.7 Å². The summed E-state index contributed by atoms with van der Waals surface area (Å²) in [5.41, 5.74) is 0.373. The number of nitrogens with one attached hydrogen (secondary N) is 1. The number of hydrogen-bond donors (Lipinski definition) is 1. The summed E-state index contributed by atoms with van der Waals surface area (Å²) in [6, 6.07) is 3.90. The van der Waals surface area contributed by atoms with Crippen molar-refractivity contribution < 1.29 is 4.79 Å². The molecular weight excluding hydrogens is 258 g/mol. The van der Waals surface area contributed by atoms with Crippen LogP contribution in [0, 0.1) is 5.41 Å². The number of carbonyl (C=O) groups excluding carboxylic acids is 1. The van der Waals surface area contributed by atoms with Crippen LogP contribution in [0.3, 0.4) is 0 Å². The van der Waals surface area contributed by atoms with Crippen molar-refractivity contribution >= 4 is 29.2 Å². The number of aromatic nitrogens is 1. The SMILES string of the molecule is CC(C)(C)C(=O)Nc1ccc(N2CCSCC2)nc1. The van der Waals surface area contributed by atoms with E-state index in [9.17, 15) is 4.79 Å². The summed E-state index contributed by atoms with van der Waals surface area (Å²) in [7, 11) is 0. The lowest BCUT2D eigenvalue weighted by molar-refractivity contribution is -0.123. The Labute approximate surface area is 119 Å². The van der Waals surface area contributed by atoms with Crippen molar-refractivity contribution in [2.45, 2.75) is 20.8 Å². The highest BCUT2D eigenvalue weighted by Crippen LogP contribution is 2.20. The topological polar surface area (TPSA) is 45.2 Å². The molecule has 0 spiro atoms. The van der Waals surface area contributed by atoms with Gasteiger partial charge in [-0.25, -0.2) is 4.98 Å². The Morgan fingerprint density at radius 1 is 1.32 bits per heavy atom. The van der Waals surface area contributed by atoms with E-state index >= 15 is 0 Å². The molecule has 1 aliphatic rings. The molecule has 0 unspecified atom stereocenters. The number of thioether (sulfide) groups is 1. The van der Waals surface area contributed by atoms with Crippen LogP contribution in [-0.2, 0) is 4.79 Å². The lowest BCUT2D eigenvalue weighted by Gasteiger charge is -2.27. The fourth-order valence-electron chi connectivity index (χ4n) is 1.76. The summed E-state index contributed by atoms with van der Waals surface area (Å²) < 4.78 is 0. The van der Waals surface area contributed by atoms with Crippen LogP contribution < -0.4 is 10.2 Å². The standard InChI is InChI=1S/C14H21N3OS/c1-14(2,3)13(18)16-11-4-5-12(15-10-11)17-6-8-19-9-7-17/h4-5,10H,6-9H2,1-3H3,(H,16,18). The number of rotatable bonds is 2. The van der Waals surface area contributed by atoms with Crippen LogP contribution in [0.25, 0.3) is 0 Å². The van der Waals surface area contributed by atoms with E-state index in [0.717, 1.165) is 36.1 Å². The van der Waals surface area contributed by atoms with Crippen LogP contribution in [0.2, 0.25) is 0 Å². The van der Waals surface area contributed by atoms with E-state index in [4.69, 9.17) is 0 Å². The fourth-order valence-corrected chi connectivity index (χ4v) is 2.66. The van der Waals surface area contributed by atoms with Gasteiger partial charge in [-0.2, -0.15) is 11.8 Å². The third-order valence-corrected chi connectivity index (χ3v) is 3.96. The molecule has 1 aromatic heterocycles. The van der Waals surface area contributed by atoms with Crippen LogP contribution in [0.5, 0.6) is 0 Å². The highest BCUT2D eigenvalue weighted by atomic mass is 32.2. The number of amides is 1. The molecule has 104 valence electrons. The predicted octanol–water partition coefficient (Wildman–Crippen LogP) is 2.62. The second-order valence-electron chi connectivity index (χ2n) is 5.71. The zero-order valence-electron chi connectivity index (χ0n) is 11.8. The molecule has 1 aliphatic heterocycles. The van der Waals surface area contributed by atoms with E-state index in [1.165, 1.54) is 0 Å². The van der Waals surface area contributed by atoms with E-state index in [-0.39, 0.29) is 11.3 Å². The summed E-state index contributed by atoms with van der Waals surface area (Å²) in [5.74, 6) is 3.32.